The van der Waals surface area contributed by atoms with E-state index >= 15 is 0 Å². The normalized spacial score (nSPS) is 13.5. The third kappa shape index (κ3) is 5.20. The molecule has 0 unspecified atom stereocenters. The first kappa shape index (κ1) is 17.8. The molecule has 0 heterocycles. The fourth-order valence-corrected chi connectivity index (χ4v) is 2.01. The van der Waals surface area contributed by atoms with Crippen molar-refractivity contribution in [2.24, 2.45) is 0 Å². The zero-order valence-electron chi connectivity index (χ0n) is 10.6. The lowest BCUT2D eigenvalue weighted by Crippen LogP contribution is -2.25. The summed E-state index contributed by atoms with van der Waals surface area (Å²) >= 11 is 0. The van der Waals surface area contributed by atoms with Crippen LogP contribution in [0.2, 0.25) is 0 Å². The highest BCUT2D eigenvalue weighted by molar-refractivity contribution is 7.89. The molecule has 0 saturated heterocycles. The predicted octanol–water partition coefficient (Wildman–Crippen LogP) is 3.16. The Morgan fingerprint density at radius 1 is 0.952 bits per heavy atom. The van der Waals surface area contributed by atoms with Crippen LogP contribution in [0.3, 0.4) is 0 Å². The van der Waals surface area contributed by atoms with E-state index in [4.69, 9.17) is 0 Å². The first-order valence-electron chi connectivity index (χ1n) is 5.61. The van der Waals surface area contributed by atoms with Gasteiger partial charge in [-0.15, -0.1) is 0 Å². The van der Waals surface area contributed by atoms with E-state index in [0.717, 1.165) is 0 Å². The number of halogens is 6. The maximum Gasteiger partial charge on any atom is 0.416 e. The van der Waals surface area contributed by atoms with E-state index in [1.807, 2.05) is 4.72 Å². The summed E-state index contributed by atoms with van der Waals surface area (Å²) in [6.45, 7) is 0.638. The molecule has 21 heavy (non-hydrogen) atoms. The van der Waals surface area contributed by atoms with Gasteiger partial charge >= 0.3 is 12.4 Å². The van der Waals surface area contributed by atoms with Gasteiger partial charge in [0.15, 0.2) is 0 Å². The summed E-state index contributed by atoms with van der Waals surface area (Å²) < 4.78 is 99.7. The number of alkyl halides is 6. The van der Waals surface area contributed by atoms with Gasteiger partial charge in [0, 0.05) is 6.54 Å². The molecule has 0 atom stereocenters. The summed E-state index contributed by atoms with van der Waals surface area (Å²) in [5.41, 5.74) is -3.39. The summed E-state index contributed by atoms with van der Waals surface area (Å²) in [6.07, 6.45) is -9.92. The number of nitrogens with one attached hydrogen (secondary N) is 1. The second-order valence-corrected chi connectivity index (χ2v) is 6.23. The fraction of sp³-hybridized carbons (Fsp3) is 0.455. The lowest BCUT2D eigenvalue weighted by molar-refractivity contribution is -0.143. The van der Waals surface area contributed by atoms with Gasteiger partial charge in [0.25, 0.3) is 0 Å². The molecule has 0 spiro atoms. The first-order chi connectivity index (χ1) is 9.35. The number of rotatable bonds is 4. The Balaban J connectivity index is 3.20. The average molecular weight is 335 g/mol. The Hall–Kier alpha value is -1.29. The van der Waals surface area contributed by atoms with Crippen molar-refractivity contribution in [3.63, 3.8) is 0 Å². The van der Waals surface area contributed by atoms with Gasteiger partial charge in [-0.3, -0.25) is 0 Å². The van der Waals surface area contributed by atoms with Gasteiger partial charge in [-0.25, -0.2) is 13.1 Å². The Morgan fingerprint density at radius 2 is 1.38 bits per heavy atom. The molecule has 1 rings (SSSR count). The Morgan fingerprint density at radius 3 is 1.71 bits per heavy atom. The minimum absolute atomic E-state index is 0.0161. The molecule has 1 aromatic rings. The molecular weight excluding hydrogens is 324 g/mol. The lowest BCUT2D eigenvalue weighted by Gasteiger charge is -2.14. The molecule has 0 saturated carbocycles. The van der Waals surface area contributed by atoms with Gasteiger partial charge in [-0.05, 0) is 30.7 Å². The Labute approximate surface area is 117 Å². The molecule has 0 bridgehead atoms. The maximum absolute atomic E-state index is 12.6. The molecule has 0 amide bonds. The van der Waals surface area contributed by atoms with Crippen molar-refractivity contribution >= 4 is 10.0 Å². The quantitative estimate of drug-likeness (QED) is 0.859. The van der Waals surface area contributed by atoms with Crippen molar-refractivity contribution < 1.29 is 34.8 Å². The molecule has 0 radical (unpaired) electrons. The van der Waals surface area contributed by atoms with Crippen LogP contribution in [0.15, 0.2) is 18.2 Å². The molecule has 0 fully saturated rings. The van der Waals surface area contributed by atoms with Crippen molar-refractivity contribution in [3.8, 4) is 0 Å². The highest BCUT2D eigenvalue weighted by Crippen LogP contribution is 2.36. The largest absolute Gasteiger partial charge is 0.416 e. The van der Waals surface area contributed by atoms with E-state index < -0.39 is 45.6 Å². The summed E-state index contributed by atoms with van der Waals surface area (Å²) in [5.74, 6) is -0.335. The number of hydrogen-bond acceptors (Lipinski definition) is 2. The third-order valence-electron chi connectivity index (χ3n) is 2.52. The SMILES string of the molecule is CCS(=O)(=O)NCc1cc(C(F)(F)F)cc(C(F)(F)F)c1. The van der Waals surface area contributed by atoms with Crippen molar-refractivity contribution in [2.75, 3.05) is 5.75 Å². The third-order valence-corrected chi connectivity index (χ3v) is 3.87. The maximum atomic E-state index is 12.6. The Kier molecular flexibility index (Phi) is 4.94. The van der Waals surface area contributed by atoms with Crippen molar-refractivity contribution in [2.45, 2.75) is 25.8 Å². The molecule has 120 valence electrons. The van der Waals surface area contributed by atoms with E-state index in [2.05, 4.69) is 0 Å². The number of sulfonamides is 1. The topological polar surface area (TPSA) is 46.2 Å². The van der Waals surface area contributed by atoms with Gasteiger partial charge in [0.05, 0.1) is 16.9 Å². The van der Waals surface area contributed by atoms with Crippen LogP contribution >= 0.6 is 0 Å². The molecule has 0 aliphatic carbocycles. The highest BCUT2D eigenvalue weighted by atomic mass is 32.2. The molecule has 1 aromatic carbocycles. The van der Waals surface area contributed by atoms with Crippen LogP contribution in [-0.4, -0.2) is 14.2 Å². The van der Waals surface area contributed by atoms with E-state index in [1.54, 1.807) is 0 Å². The minimum atomic E-state index is -4.96. The molecule has 1 N–H and O–H groups in total. The summed E-state index contributed by atoms with van der Waals surface area (Å²) in [6, 6.07) is 0.943. The van der Waals surface area contributed by atoms with Crippen LogP contribution in [-0.2, 0) is 28.9 Å². The van der Waals surface area contributed by atoms with Crippen LogP contribution < -0.4 is 4.72 Å². The first-order valence-corrected chi connectivity index (χ1v) is 7.26. The highest BCUT2D eigenvalue weighted by Gasteiger charge is 2.36. The van der Waals surface area contributed by atoms with E-state index in [-0.39, 0.29) is 11.8 Å². The summed E-state index contributed by atoms with van der Waals surface area (Å²) in [7, 11) is -3.73. The second kappa shape index (κ2) is 5.84. The smallest absolute Gasteiger partial charge is 0.212 e. The predicted molar refractivity (Wildman–Crippen MR) is 62.7 cm³/mol. The van der Waals surface area contributed by atoms with Gasteiger partial charge in [0.2, 0.25) is 10.0 Å². The molecule has 0 aromatic heterocycles. The summed E-state index contributed by atoms with van der Waals surface area (Å²) in [5, 5.41) is 0. The van der Waals surface area contributed by atoms with E-state index in [9.17, 15) is 34.8 Å². The van der Waals surface area contributed by atoms with Crippen molar-refractivity contribution in [1.82, 2.24) is 4.72 Å². The van der Waals surface area contributed by atoms with E-state index in [1.165, 1.54) is 6.92 Å². The van der Waals surface area contributed by atoms with Crippen LogP contribution in [0.25, 0.3) is 0 Å². The molecule has 0 aliphatic rings. The summed E-state index contributed by atoms with van der Waals surface area (Å²) in [4.78, 5) is 0. The van der Waals surface area contributed by atoms with Gasteiger partial charge in [0.1, 0.15) is 0 Å². The lowest BCUT2D eigenvalue weighted by atomic mass is 10.0. The van der Waals surface area contributed by atoms with E-state index in [0.29, 0.717) is 12.1 Å². The van der Waals surface area contributed by atoms with Crippen LogP contribution in [0.1, 0.15) is 23.6 Å². The van der Waals surface area contributed by atoms with Crippen molar-refractivity contribution in [1.29, 1.82) is 0 Å². The average Bonchev–Trinajstić information content (AvgIpc) is 2.34. The minimum Gasteiger partial charge on any atom is -0.212 e. The molecule has 3 nitrogen and oxygen atoms in total. The van der Waals surface area contributed by atoms with Crippen LogP contribution in [0, 0.1) is 0 Å². The molecular formula is C11H11F6NO2S. The zero-order chi connectivity index (χ0) is 16.5. The second-order valence-electron chi connectivity index (χ2n) is 4.14. The molecule has 0 aliphatic heterocycles. The monoisotopic (exact) mass is 335 g/mol. The fourth-order valence-electron chi connectivity index (χ4n) is 1.42. The standard InChI is InChI=1S/C11H11F6NO2S/c1-2-21(19,20)18-6-7-3-8(10(12,13)14)5-9(4-7)11(15,16)17/h3-5,18H,2,6H2,1H3. The van der Waals surface area contributed by atoms with Crippen LogP contribution in [0.5, 0.6) is 0 Å². The van der Waals surface area contributed by atoms with Gasteiger partial charge in [-0.1, -0.05) is 0 Å². The van der Waals surface area contributed by atoms with Gasteiger partial charge < -0.3 is 0 Å². The van der Waals surface area contributed by atoms with Crippen molar-refractivity contribution in [3.05, 3.63) is 34.9 Å². The Bertz CT molecular complexity index is 574. The molecule has 10 heteroatoms. The van der Waals surface area contributed by atoms with Crippen LogP contribution in [0.4, 0.5) is 26.3 Å². The van der Waals surface area contributed by atoms with Gasteiger partial charge in [-0.2, -0.15) is 26.3 Å². The number of hydrogen-bond donors (Lipinski definition) is 1. The zero-order valence-corrected chi connectivity index (χ0v) is 11.5. The number of benzene rings is 1.